The molecular formula is C19H22N2S. The van der Waals surface area contributed by atoms with Crippen LogP contribution in [0.5, 0.6) is 0 Å². The second kappa shape index (κ2) is 5.81. The van der Waals surface area contributed by atoms with Crippen molar-refractivity contribution in [3.8, 4) is 5.69 Å². The van der Waals surface area contributed by atoms with E-state index >= 15 is 0 Å². The van der Waals surface area contributed by atoms with Crippen molar-refractivity contribution in [2.45, 2.75) is 44.7 Å². The molecule has 0 N–H and O–H groups in total. The van der Waals surface area contributed by atoms with Crippen LogP contribution in [0, 0.1) is 0 Å². The van der Waals surface area contributed by atoms with Crippen LogP contribution < -0.4 is 0 Å². The molecule has 22 heavy (non-hydrogen) atoms. The highest BCUT2D eigenvalue weighted by Gasteiger charge is 2.19. The molecule has 1 aromatic heterocycles. The van der Waals surface area contributed by atoms with E-state index in [2.05, 4.69) is 80.2 Å². The molecule has 0 amide bonds. The van der Waals surface area contributed by atoms with Crippen LogP contribution in [0.15, 0.2) is 47.6 Å². The lowest BCUT2D eigenvalue weighted by Crippen LogP contribution is -2.07. The minimum absolute atomic E-state index is 0.447. The fraction of sp³-hybridized carbons (Fsp3) is 0.316. The van der Waals surface area contributed by atoms with Crippen molar-refractivity contribution in [3.63, 3.8) is 0 Å². The monoisotopic (exact) mass is 310 g/mol. The van der Waals surface area contributed by atoms with Crippen LogP contribution in [0.1, 0.15) is 50.7 Å². The van der Waals surface area contributed by atoms with Crippen molar-refractivity contribution in [3.05, 3.63) is 53.6 Å². The van der Waals surface area contributed by atoms with E-state index in [1.807, 2.05) is 12.1 Å². The Labute approximate surface area is 137 Å². The SMILES string of the molecule is CC(C)c1cccc(C(C)C)c1-n1c(S)nc2ccccc21. The first kappa shape index (κ1) is 15.2. The number of para-hydroxylation sites is 3. The minimum atomic E-state index is 0.447. The van der Waals surface area contributed by atoms with E-state index in [1.165, 1.54) is 16.8 Å². The topological polar surface area (TPSA) is 17.8 Å². The van der Waals surface area contributed by atoms with E-state index in [1.54, 1.807) is 0 Å². The van der Waals surface area contributed by atoms with Crippen molar-refractivity contribution in [2.75, 3.05) is 0 Å². The number of thiol groups is 1. The first-order valence-corrected chi connectivity index (χ1v) is 8.25. The molecule has 114 valence electrons. The Hall–Kier alpha value is -1.74. The molecule has 0 saturated heterocycles. The first-order valence-electron chi connectivity index (χ1n) is 7.80. The Kier molecular flexibility index (Phi) is 4.00. The fourth-order valence-corrected chi connectivity index (χ4v) is 3.32. The largest absolute Gasteiger partial charge is 0.287 e. The Morgan fingerprint density at radius 3 is 2.05 bits per heavy atom. The van der Waals surface area contributed by atoms with Crippen molar-refractivity contribution >= 4 is 23.7 Å². The quantitative estimate of drug-likeness (QED) is 0.627. The number of fused-ring (bicyclic) bond motifs is 1. The van der Waals surface area contributed by atoms with Crippen LogP contribution in [-0.4, -0.2) is 9.55 Å². The van der Waals surface area contributed by atoms with Crippen LogP contribution in [0.25, 0.3) is 16.7 Å². The summed E-state index contributed by atoms with van der Waals surface area (Å²) in [6, 6.07) is 14.8. The highest BCUT2D eigenvalue weighted by Crippen LogP contribution is 2.34. The molecule has 0 radical (unpaired) electrons. The zero-order chi connectivity index (χ0) is 15.9. The summed E-state index contributed by atoms with van der Waals surface area (Å²) in [5.41, 5.74) is 6.02. The van der Waals surface area contributed by atoms with E-state index in [4.69, 9.17) is 0 Å². The zero-order valence-corrected chi connectivity index (χ0v) is 14.4. The molecule has 0 saturated carbocycles. The van der Waals surface area contributed by atoms with Gasteiger partial charge in [-0.3, -0.25) is 4.57 Å². The van der Waals surface area contributed by atoms with E-state index in [0.29, 0.717) is 11.8 Å². The Balaban J connectivity index is 2.41. The van der Waals surface area contributed by atoms with E-state index in [0.717, 1.165) is 16.2 Å². The summed E-state index contributed by atoms with van der Waals surface area (Å²) < 4.78 is 2.20. The lowest BCUT2D eigenvalue weighted by atomic mass is 9.92. The number of nitrogens with zero attached hydrogens (tertiary/aromatic N) is 2. The van der Waals surface area contributed by atoms with Gasteiger partial charge in [0.15, 0.2) is 5.16 Å². The molecule has 0 unspecified atom stereocenters. The maximum absolute atomic E-state index is 4.65. The van der Waals surface area contributed by atoms with Crippen LogP contribution in [0.4, 0.5) is 0 Å². The molecule has 0 bridgehead atoms. The Bertz CT molecular complexity index is 789. The number of benzene rings is 2. The third-order valence-corrected chi connectivity index (χ3v) is 4.41. The van der Waals surface area contributed by atoms with Crippen LogP contribution >= 0.6 is 12.6 Å². The lowest BCUT2D eigenvalue weighted by molar-refractivity contribution is 0.788. The number of rotatable bonds is 3. The Morgan fingerprint density at radius 2 is 1.45 bits per heavy atom. The van der Waals surface area contributed by atoms with Gasteiger partial charge >= 0.3 is 0 Å². The summed E-state index contributed by atoms with van der Waals surface area (Å²) in [5, 5.41) is 0.746. The predicted octanol–water partition coefficient (Wildman–Crippen LogP) is 5.56. The maximum Gasteiger partial charge on any atom is 0.170 e. The molecular weight excluding hydrogens is 288 g/mol. The van der Waals surface area contributed by atoms with Crippen molar-refractivity contribution < 1.29 is 0 Å². The molecule has 1 heterocycles. The highest BCUT2D eigenvalue weighted by molar-refractivity contribution is 7.80. The van der Waals surface area contributed by atoms with Gasteiger partial charge in [0.1, 0.15) is 0 Å². The van der Waals surface area contributed by atoms with E-state index in [9.17, 15) is 0 Å². The zero-order valence-electron chi connectivity index (χ0n) is 13.5. The average Bonchev–Trinajstić information content (AvgIpc) is 2.81. The van der Waals surface area contributed by atoms with Gasteiger partial charge in [0.25, 0.3) is 0 Å². The summed E-state index contributed by atoms with van der Waals surface area (Å²) in [6.07, 6.45) is 0. The van der Waals surface area contributed by atoms with Crippen molar-refractivity contribution in [1.82, 2.24) is 9.55 Å². The normalized spacial score (nSPS) is 11.8. The van der Waals surface area contributed by atoms with Crippen molar-refractivity contribution in [1.29, 1.82) is 0 Å². The van der Waals surface area contributed by atoms with Gasteiger partial charge in [-0.2, -0.15) is 0 Å². The molecule has 2 aromatic carbocycles. The van der Waals surface area contributed by atoms with Gasteiger partial charge in [-0.05, 0) is 35.1 Å². The predicted molar refractivity (Wildman–Crippen MR) is 96.5 cm³/mol. The van der Waals surface area contributed by atoms with Gasteiger partial charge in [0, 0.05) is 0 Å². The van der Waals surface area contributed by atoms with Gasteiger partial charge in [-0.1, -0.05) is 58.0 Å². The minimum Gasteiger partial charge on any atom is -0.287 e. The summed E-state index contributed by atoms with van der Waals surface area (Å²) in [7, 11) is 0. The molecule has 0 spiro atoms. The van der Waals surface area contributed by atoms with E-state index in [-0.39, 0.29) is 0 Å². The average molecular weight is 310 g/mol. The summed E-state index contributed by atoms with van der Waals surface area (Å²) >= 11 is 4.65. The second-order valence-electron chi connectivity index (χ2n) is 6.33. The van der Waals surface area contributed by atoms with Crippen LogP contribution in [0.2, 0.25) is 0 Å². The van der Waals surface area contributed by atoms with Crippen LogP contribution in [0.3, 0.4) is 0 Å². The lowest BCUT2D eigenvalue weighted by Gasteiger charge is -2.21. The number of hydrogen-bond acceptors (Lipinski definition) is 2. The van der Waals surface area contributed by atoms with Gasteiger partial charge in [-0.25, -0.2) is 4.98 Å². The molecule has 0 atom stereocenters. The number of imidazole rings is 1. The van der Waals surface area contributed by atoms with Gasteiger partial charge in [0.2, 0.25) is 0 Å². The highest BCUT2D eigenvalue weighted by atomic mass is 32.1. The molecule has 0 aliphatic rings. The van der Waals surface area contributed by atoms with Crippen LogP contribution in [-0.2, 0) is 0 Å². The molecule has 0 aliphatic heterocycles. The molecule has 3 rings (SSSR count). The molecule has 0 fully saturated rings. The molecule has 2 nitrogen and oxygen atoms in total. The summed E-state index contributed by atoms with van der Waals surface area (Å²) in [4.78, 5) is 4.62. The number of hydrogen-bond donors (Lipinski definition) is 1. The van der Waals surface area contributed by atoms with Gasteiger partial charge in [0.05, 0.1) is 16.7 Å². The molecule has 3 aromatic rings. The Morgan fingerprint density at radius 1 is 0.864 bits per heavy atom. The third kappa shape index (κ3) is 2.44. The second-order valence-corrected chi connectivity index (χ2v) is 6.73. The van der Waals surface area contributed by atoms with Gasteiger partial charge < -0.3 is 0 Å². The molecule has 0 aliphatic carbocycles. The molecule has 3 heteroatoms. The first-order chi connectivity index (χ1) is 10.5. The van der Waals surface area contributed by atoms with E-state index < -0.39 is 0 Å². The summed E-state index contributed by atoms with van der Waals surface area (Å²) in [6.45, 7) is 8.95. The number of aromatic nitrogens is 2. The smallest absolute Gasteiger partial charge is 0.170 e. The maximum atomic E-state index is 4.65. The third-order valence-electron chi connectivity index (χ3n) is 4.11. The van der Waals surface area contributed by atoms with Gasteiger partial charge in [-0.15, -0.1) is 12.6 Å². The standard InChI is InChI=1S/C19H22N2S/c1-12(2)14-8-7-9-15(13(3)4)18(14)21-17-11-6-5-10-16(17)20-19(21)22/h5-13H,1-4H3,(H,20,22). The fourth-order valence-electron chi connectivity index (χ4n) is 3.00. The van der Waals surface area contributed by atoms with Crippen molar-refractivity contribution in [2.24, 2.45) is 0 Å². The summed E-state index contributed by atoms with van der Waals surface area (Å²) in [5.74, 6) is 0.894.